The minimum absolute atomic E-state index is 0. The summed E-state index contributed by atoms with van der Waals surface area (Å²) in [6.07, 6.45) is 2.89. The molecular weight excluding hydrogens is 491 g/mol. The summed E-state index contributed by atoms with van der Waals surface area (Å²) >= 11 is 6.43. The zero-order chi connectivity index (χ0) is 23.6. The van der Waals surface area contributed by atoms with Gasteiger partial charge in [0, 0.05) is 25.3 Å². The van der Waals surface area contributed by atoms with Crippen molar-refractivity contribution in [3.63, 3.8) is 0 Å². The highest BCUT2D eigenvalue weighted by Crippen LogP contribution is 2.30. The van der Waals surface area contributed by atoms with Gasteiger partial charge in [-0.1, -0.05) is 47.1 Å². The number of nitrogens with zero attached hydrogens (tertiary/aromatic N) is 4. The zero-order valence-electron chi connectivity index (χ0n) is 19.1. The SMILES string of the molecule is Cl.Nc1ncnc(Nc2ccc(OCc3ccccc3)c(Cl)c2)c1/C=N\OCCN1CCOCC1. The minimum atomic E-state index is 0. The lowest BCUT2D eigenvalue weighted by Gasteiger charge is -2.25. The summed E-state index contributed by atoms with van der Waals surface area (Å²) in [6.45, 7) is 4.98. The fourth-order valence-electron chi connectivity index (χ4n) is 3.34. The molecule has 1 aliphatic rings. The van der Waals surface area contributed by atoms with Gasteiger partial charge in [0.15, 0.2) is 0 Å². The Morgan fingerprint density at radius 1 is 1.14 bits per heavy atom. The third-order valence-corrected chi connectivity index (χ3v) is 5.50. The van der Waals surface area contributed by atoms with Crippen molar-refractivity contribution in [3.05, 3.63) is 71.0 Å². The van der Waals surface area contributed by atoms with E-state index in [1.54, 1.807) is 12.1 Å². The molecule has 9 nitrogen and oxygen atoms in total. The Morgan fingerprint density at radius 3 is 2.71 bits per heavy atom. The number of anilines is 3. The van der Waals surface area contributed by atoms with Crippen LogP contribution in [0, 0.1) is 0 Å². The normalized spacial score (nSPS) is 13.9. The third kappa shape index (κ3) is 7.97. The third-order valence-electron chi connectivity index (χ3n) is 5.21. The fourth-order valence-corrected chi connectivity index (χ4v) is 3.58. The lowest BCUT2D eigenvalue weighted by atomic mass is 10.2. The van der Waals surface area contributed by atoms with Crippen LogP contribution in [0.25, 0.3) is 0 Å². The first-order valence-electron chi connectivity index (χ1n) is 11.0. The number of ether oxygens (including phenoxy) is 2. The molecule has 1 fully saturated rings. The van der Waals surface area contributed by atoms with E-state index in [0.29, 0.717) is 35.4 Å². The Bertz CT molecular complexity index is 1100. The van der Waals surface area contributed by atoms with Crippen LogP contribution in [-0.4, -0.2) is 60.5 Å². The van der Waals surface area contributed by atoms with Crippen LogP contribution >= 0.6 is 24.0 Å². The van der Waals surface area contributed by atoms with Crippen LogP contribution in [-0.2, 0) is 16.2 Å². The predicted molar refractivity (Wildman–Crippen MR) is 140 cm³/mol. The first kappa shape index (κ1) is 26.5. The Morgan fingerprint density at radius 2 is 1.94 bits per heavy atom. The zero-order valence-corrected chi connectivity index (χ0v) is 20.7. The second-order valence-corrected chi connectivity index (χ2v) is 7.99. The van der Waals surface area contributed by atoms with Crippen LogP contribution in [0.2, 0.25) is 5.02 Å². The number of halogens is 2. The number of benzene rings is 2. The van der Waals surface area contributed by atoms with Gasteiger partial charge in [0.1, 0.15) is 36.9 Å². The molecule has 3 N–H and O–H groups in total. The van der Waals surface area contributed by atoms with Gasteiger partial charge >= 0.3 is 0 Å². The van der Waals surface area contributed by atoms with Crippen molar-refractivity contribution in [2.24, 2.45) is 5.16 Å². The first-order valence-corrected chi connectivity index (χ1v) is 11.4. The summed E-state index contributed by atoms with van der Waals surface area (Å²) in [7, 11) is 0. The van der Waals surface area contributed by atoms with Crippen LogP contribution < -0.4 is 15.8 Å². The molecular formula is C24H28Cl2N6O3. The molecule has 0 bridgehead atoms. The molecule has 0 amide bonds. The number of rotatable bonds is 10. The van der Waals surface area contributed by atoms with E-state index in [0.717, 1.165) is 44.1 Å². The van der Waals surface area contributed by atoms with Crippen molar-refractivity contribution < 1.29 is 14.3 Å². The largest absolute Gasteiger partial charge is 0.487 e. The average molecular weight is 519 g/mol. The smallest absolute Gasteiger partial charge is 0.144 e. The molecule has 186 valence electrons. The van der Waals surface area contributed by atoms with E-state index in [1.165, 1.54) is 12.5 Å². The van der Waals surface area contributed by atoms with Gasteiger partial charge in [0.25, 0.3) is 0 Å². The van der Waals surface area contributed by atoms with Crippen molar-refractivity contribution in [1.82, 2.24) is 14.9 Å². The van der Waals surface area contributed by atoms with Crippen LogP contribution in [0.15, 0.2) is 60.0 Å². The van der Waals surface area contributed by atoms with E-state index in [-0.39, 0.29) is 18.2 Å². The molecule has 0 unspecified atom stereocenters. The molecule has 11 heteroatoms. The van der Waals surface area contributed by atoms with Crippen LogP contribution in [0.1, 0.15) is 11.1 Å². The lowest BCUT2D eigenvalue weighted by molar-refractivity contribution is 0.0214. The highest BCUT2D eigenvalue weighted by atomic mass is 35.5. The number of nitrogen functional groups attached to an aromatic ring is 1. The van der Waals surface area contributed by atoms with Gasteiger partial charge < -0.3 is 25.4 Å². The number of aromatic nitrogens is 2. The highest BCUT2D eigenvalue weighted by molar-refractivity contribution is 6.32. The maximum absolute atomic E-state index is 6.43. The van der Waals surface area contributed by atoms with E-state index in [4.69, 9.17) is 31.6 Å². The quantitative estimate of drug-likeness (QED) is 0.234. The summed E-state index contributed by atoms with van der Waals surface area (Å²) < 4.78 is 11.2. The molecule has 1 aliphatic heterocycles. The molecule has 0 atom stereocenters. The van der Waals surface area contributed by atoms with Crippen molar-refractivity contribution in [2.75, 3.05) is 50.5 Å². The van der Waals surface area contributed by atoms with E-state index in [1.807, 2.05) is 36.4 Å². The van der Waals surface area contributed by atoms with Crippen LogP contribution in [0.4, 0.5) is 17.3 Å². The van der Waals surface area contributed by atoms with Crippen LogP contribution in [0.3, 0.4) is 0 Å². The Kier molecular flexibility index (Phi) is 10.4. The Balaban J connectivity index is 0.00000342. The maximum atomic E-state index is 6.43. The monoisotopic (exact) mass is 518 g/mol. The maximum Gasteiger partial charge on any atom is 0.144 e. The van der Waals surface area contributed by atoms with Crippen LogP contribution in [0.5, 0.6) is 5.75 Å². The molecule has 0 saturated carbocycles. The fraction of sp³-hybridized carbons (Fsp3) is 0.292. The standard InChI is InChI=1S/C24H27ClN6O3.ClH/c25-21-14-19(6-7-22(21)33-16-18-4-2-1-3-5-18)30-24-20(23(26)27-17-28-24)15-29-34-13-10-31-8-11-32-12-9-31;/h1-7,14-15,17H,8-13,16H2,(H3,26,27,28,30);1H/b29-15-;. The molecule has 35 heavy (non-hydrogen) atoms. The van der Waals surface area contributed by atoms with E-state index < -0.39 is 0 Å². The van der Waals surface area contributed by atoms with Gasteiger partial charge in [-0.25, -0.2) is 9.97 Å². The number of hydrogen-bond acceptors (Lipinski definition) is 9. The van der Waals surface area contributed by atoms with Crippen molar-refractivity contribution in [1.29, 1.82) is 0 Å². The predicted octanol–water partition coefficient (Wildman–Crippen LogP) is 4.14. The first-order chi connectivity index (χ1) is 16.7. The highest BCUT2D eigenvalue weighted by Gasteiger charge is 2.11. The van der Waals surface area contributed by atoms with Gasteiger partial charge in [-0.2, -0.15) is 0 Å². The second kappa shape index (κ2) is 13.7. The Labute approximate surface area is 215 Å². The number of hydrogen-bond donors (Lipinski definition) is 2. The van der Waals surface area contributed by atoms with Gasteiger partial charge in [-0.15, -0.1) is 12.4 Å². The molecule has 0 radical (unpaired) electrons. The minimum Gasteiger partial charge on any atom is -0.487 e. The molecule has 2 aromatic carbocycles. The molecule has 0 aliphatic carbocycles. The number of morpholine rings is 1. The summed E-state index contributed by atoms with van der Waals surface area (Å²) in [4.78, 5) is 16.0. The van der Waals surface area contributed by atoms with Gasteiger partial charge in [-0.3, -0.25) is 4.90 Å². The molecule has 4 rings (SSSR count). The average Bonchev–Trinajstić information content (AvgIpc) is 2.86. The van der Waals surface area contributed by atoms with E-state index in [2.05, 4.69) is 25.3 Å². The van der Waals surface area contributed by atoms with E-state index in [9.17, 15) is 0 Å². The summed E-state index contributed by atoms with van der Waals surface area (Å²) in [6, 6.07) is 15.3. The number of nitrogens with one attached hydrogen (secondary N) is 1. The summed E-state index contributed by atoms with van der Waals surface area (Å²) in [5.74, 6) is 1.36. The molecule has 3 aromatic rings. The van der Waals surface area contributed by atoms with Crippen molar-refractivity contribution >= 4 is 47.5 Å². The second-order valence-electron chi connectivity index (χ2n) is 7.59. The summed E-state index contributed by atoms with van der Waals surface area (Å²) in [5, 5.41) is 7.73. The number of nitrogens with two attached hydrogens (primary N) is 1. The molecule has 1 saturated heterocycles. The summed E-state index contributed by atoms with van der Waals surface area (Å²) in [5.41, 5.74) is 8.36. The molecule has 0 spiro atoms. The molecule has 2 heterocycles. The van der Waals surface area contributed by atoms with E-state index >= 15 is 0 Å². The van der Waals surface area contributed by atoms with Gasteiger partial charge in [-0.05, 0) is 23.8 Å². The Hall–Kier alpha value is -3.11. The van der Waals surface area contributed by atoms with Gasteiger partial charge in [0.2, 0.25) is 0 Å². The lowest BCUT2D eigenvalue weighted by Crippen LogP contribution is -2.38. The van der Waals surface area contributed by atoms with Gasteiger partial charge in [0.05, 0.1) is 30.0 Å². The van der Waals surface area contributed by atoms with Crippen molar-refractivity contribution in [3.8, 4) is 5.75 Å². The van der Waals surface area contributed by atoms with Crippen molar-refractivity contribution in [2.45, 2.75) is 6.61 Å². The topological polar surface area (TPSA) is 107 Å². The number of oxime groups is 1. The molecule has 1 aromatic heterocycles.